The van der Waals surface area contributed by atoms with Crippen LogP contribution in [-0.2, 0) is 9.59 Å². The maximum absolute atomic E-state index is 12.3. The standard InChI is InChI=1S/C19H21ClN2O2S/c1-12-6-4-7-15(10-12)21-18(23)11-25-14(3)19(24)22-17-9-5-8-16(20)13(17)2/h4-10,14H,11H2,1-3H3,(H,21,23)(H,22,24). The van der Waals surface area contributed by atoms with Crippen LogP contribution in [0.4, 0.5) is 11.4 Å². The molecule has 0 aromatic heterocycles. The van der Waals surface area contributed by atoms with Crippen LogP contribution in [-0.4, -0.2) is 22.8 Å². The van der Waals surface area contributed by atoms with E-state index < -0.39 is 0 Å². The highest BCUT2D eigenvalue weighted by atomic mass is 35.5. The number of carbonyl (C=O) groups is 2. The Morgan fingerprint density at radius 2 is 1.84 bits per heavy atom. The molecule has 0 spiro atoms. The van der Waals surface area contributed by atoms with Crippen molar-refractivity contribution in [2.75, 3.05) is 16.4 Å². The first kappa shape index (κ1) is 19.3. The Kier molecular flexibility index (Phi) is 6.91. The van der Waals surface area contributed by atoms with E-state index in [1.165, 1.54) is 11.8 Å². The van der Waals surface area contributed by atoms with Crippen molar-refractivity contribution in [2.24, 2.45) is 0 Å². The van der Waals surface area contributed by atoms with E-state index in [-0.39, 0.29) is 22.8 Å². The Morgan fingerprint density at radius 3 is 2.56 bits per heavy atom. The predicted octanol–water partition coefficient (Wildman–Crippen LogP) is 4.66. The van der Waals surface area contributed by atoms with E-state index in [9.17, 15) is 9.59 Å². The minimum Gasteiger partial charge on any atom is -0.325 e. The largest absolute Gasteiger partial charge is 0.325 e. The maximum atomic E-state index is 12.3. The summed E-state index contributed by atoms with van der Waals surface area (Å²) < 4.78 is 0. The van der Waals surface area contributed by atoms with Crippen LogP contribution in [0, 0.1) is 13.8 Å². The first-order valence-electron chi connectivity index (χ1n) is 7.91. The van der Waals surface area contributed by atoms with Crippen molar-refractivity contribution in [2.45, 2.75) is 26.0 Å². The third-order valence-electron chi connectivity index (χ3n) is 3.66. The van der Waals surface area contributed by atoms with Crippen molar-refractivity contribution >= 4 is 46.6 Å². The normalized spacial score (nSPS) is 11.7. The summed E-state index contributed by atoms with van der Waals surface area (Å²) in [5.41, 5.74) is 3.36. The number of amides is 2. The Balaban J connectivity index is 1.84. The topological polar surface area (TPSA) is 58.2 Å². The SMILES string of the molecule is Cc1cccc(NC(=O)CSC(C)C(=O)Nc2cccc(Cl)c2C)c1. The molecule has 0 saturated heterocycles. The molecule has 0 bridgehead atoms. The molecule has 0 aliphatic rings. The molecule has 2 amide bonds. The zero-order chi connectivity index (χ0) is 18.4. The summed E-state index contributed by atoms with van der Waals surface area (Å²) >= 11 is 7.35. The van der Waals surface area contributed by atoms with Crippen LogP contribution >= 0.6 is 23.4 Å². The summed E-state index contributed by atoms with van der Waals surface area (Å²) in [4.78, 5) is 24.3. The molecular formula is C19H21ClN2O2S. The number of thioether (sulfide) groups is 1. The van der Waals surface area contributed by atoms with Gasteiger partial charge in [0.15, 0.2) is 0 Å². The summed E-state index contributed by atoms with van der Waals surface area (Å²) in [5, 5.41) is 5.94. The average Bonchev–Trinajstić information content (AvgIpc) is 2.56. The molecule has 1 unspecified atom stereocenters. The highest BCUT2D eigenvalue weighted by molar-refractivity contribution is 8.01. The van der Waals surface area contributed by atoms with E-state index in [0.29, 0.717) is 10.7 Å². The van der Waals surface area contributed by atoms with Crippen molar-refractivity contribution < 1.29 is 9.59 Å². The van der Waals surface area contributed by atoms with Gasteiger partial charge in [0.1, 0.15) is 0 Å². The minimum atomic E-state index is -0.360. The van der Waals surface area contributed by atoms with Gasteiger partial charge in [0.05, 0.1) is 11.0 Å². The van der Waals surface area contributed by atoms with Gasteiger partial charge in [0.25, 0.3) is 0 Å². The lowest BCUT2D eigenvalue weighted by molar-refractivity contribution is -0.115. The summed E-state index contributed by atoms with van der Waals surface area (Å²) in [6, 6.07) is 13.0. The van der Waals surface area contributed by atoms with E-state index in [1.54, 1.807) is 25.1 Å². The van der Waals surface area contributed by atoms with Gasteiger partial charge in [0.2, 0.25) is 11.8 Å². The number of benzene rings is 2. The first-order chi connectivity index (χ1) is 11.9. The summed E-state index contributed by atoms with van der Waals surface area (Å²) in [6.07, 6.45) is 0. The highest BCUT2D eigenvalue weighted by Gasteiger charge is 2.16. The van der Waals surface area contributed by atoms with Crippen molar-refractivity contribution in [3.8, 4) is 0 Å². The Hall–Kier alpha value is -1.98. The number of carbonyl (C=O) groups excluding carboxylic acids is 2. The van der Waals surface area contributed by atoms with Crippen LogP contribution in [0.15, 0.2) is 42.5 Å². The fourth-order valence-corrected chi connectivity index (χ4v) is 3.03. The second-order valence-electron chi connectivity index (χ2n) is 5.77. The van der Waals surface area contributed by atoms with Gasteiger partial charge < -0.3 is 10.6 Å². The molecule has 25 heavy (non-hydrogen) atoms. The molecule has 0 saturated carbocycles. The molecular weight excluding hydrogens is 356 g/mol. The highest BCUT2D eigenvalue weighted by Crippen LogP contribution is 2.24. The number of hydrogen-bond acceptors (Lipinski definition) is 3. The Bertz CT molecular complexity index is 780. The average molecular weight is 377 g/mol. The predicted molar refractivity (Wildman–Crippen MR) is 107 cm³/mol. The third kappa shape index (κ3) is 5.80. The summed E-state index contributed by atoms with van der Waals surface area (Å²) in [7, 11) is 0. The van der Waals surface area contributed by atoms with Gasteiger partial charge in [-0.25, -0.2) is 0 Å². The second-order valence-corrected chi connectivity index (χ2v) is 7.51. The van der Waals surface area contributed by atoms with E-state index in [4.69, 9.17) is 11.6 Å². The van der Waals surface area contributed by atoms with Gasteiger partial charge in [0, 0.05) is 16.4 Å². The number of anilines is 2. The number of halogens is 1. The Labute approximate surface area is 157 Å². The van der Waals surface area contributed by atoms with Crippen LogP contribution in [0.5, 0.6) is 0 Å². The van der Waals surface area contributed by atoms with Gasteiger partial charge in [-0.3, -0.25) is 9.59 Å². The molecule has 132 valence electrons. The third-order valence-corrected chi connectivity index (χ3v) is 5.21. The molecule has 0 heterocycles. The molecule has 1 atom stereocenters. The van der Waals surface area contributed by atoms with Gasteiger partial charge in [-0.1, -0.05) is 29.8 Å². The number of aryl methyl sites for hydroxylation is 1. The number of hydrogen-bond donors (Lipinski definition) is 2. The lowest BCUT2D eigenvalue weighted by atomic mass is 10.2. The Morgan fingerprint density at radius 1 is 1.12 bits per heavy atom. The van der Waals surface area contributed by atoms with Crippen LogP contribution < -0.4 is 10.6 Å². The van der Waals surface area contributed by atoms with E-state index in [0.717, 1.165) is 16.8 Å². The number of rotatable bonds is 6. The maximum Gasteiger partial charge on any atom is 0.237 e. The van der Waals surface area contributed by atoms with Gasteiger partial charge in [-0.15, -0.1) is 11.8 Å². The molecule has 2 N–H and O–H groups in total. The van der Waals surface area contributed by atoms with Crippen LogP contribution in [0.25, 0.3) is 0 Å². The van der Waals surface area contributed by atoms with Crippen molar-refractivity contribution in [3.63, 3.8) is 0 Å². The molecule has 2 aromatic carbocycles. The van der Waals surface area contributed by atoms with Gasteiger partial charge in [-0.05, 0) is 56.2 Å². The molecule has 6 heteroatoms. The lowest BCUT2D eigenvalue weighted by Gasteiger charge is -2.14. The molecule has 0 aliphatic carbocycles. The van der Waals surface area contributed by atoms with Crippen molar-refractivity contribution in [1.82, 2.24) is 0 Å². The number of nitrogens with one attached hydrogen (secondary N) is 2. The van der Waals surface area contributed by atoms with E-state index in [2.05, 4.69) is 10.6 Å². The zero-order valence-corrected chi connectivity index (χ0v) is 16.0. The molecule has 2 rings (SSSR count). The molecule has 4 nitrogen and oxygen atoms in total. The van der Waals surface area contributed by atoms with Gasteiger partial charge >= 0.3 is 0 Å². The molecule has 2 aromatic rings. The lowest BCUT2D eigenvalue weighted by Crippen LogP contribution is -2.25. The van der Waals surface area contributed by atoms with E-state index >= 15 is 0 Å². The summed E-state index contributed by atoms with van der Waals surface area (Å²) in [5.74, 6) is -0.0789. The first-order valence-corrected chi connectivity index (χ1v) is 9.33. The van der Waals surface area contributed by atoms with Crippen LogP contribution in [0.2, 0.25) is 5.02 Å². The summed E-state index contributed by atoms with van der Waals surface area (Å²) in [6.45, 7) is 5.60. The molecule has 0 fully saturated rings. The fraction of sp³-hybridized carbons (Fsp3) is 0.263. The monoisotopic (exact) mass is 376 g/mol. The van der Waals surface area contributed by atoms with Gasteiger partial charge in [-0.2, -0.15) is 0 Å². The van der Waals surface area contributed by atoms with Crippen LogP contribution in [0.1, 0.15) is 18.1 Å². The molecule has 0 aliphatic heterocycles. The zero-order valence-electron chi connectivity index (χ0n) is 14.4. The quantitative estimate of drug-likeness (QED) is 0.771. The van der Waals surface area contributed by atoms with E-state index in [1.807, 2.05) is 38.1 Å². The van der Waals surface area contributed by atoms with Crippen LogP contribution in [0.3, 0.4) is 0 Å². The van der Waals surface area contributed by atoms with Crippen molar-refractivity contribution in [1.29, 1.82) is 0 Å². The molecule has 0 radical (unpaired) electrons. The minimum absolute atomic E-state index is 0.130. The fourth-order valence-electron chi connectivity index (χ4n) is 2.17. The smallest absolute Gasteiger partial charge is 0.237 e. The second kappa shape index (κ2) is 8.92. The van der Waals surface area contributed by atoms with Crippen molar-refractivity contribution in [3.05, 3.63) is 58.6 Å².